The number of hydrogen-bond donors (Lipinski definition) is 0. The molecule has 1 aromatic heterocycles. The van der Waals surface area contributed by atoms with Gasteiger partial charge in [-0.25, -0.2) is 0 Å². The minimum atomic E-state index is 0.895. The summed E-state index contributed by atoms with van der Waals surface area (Å²) in [4.78, 5) is 0. The Bertz CT molecular complexity index is 244. The van der Waals surface area contributed by atoms with E-state index >= 15 is 0 Å². The molecule has 10 heavy (non-hydrogen) atoms. The summed E-state index contributed by atoms with van der Waals surface area (Å²) >= 11 is 3.30. The van der Waals surface area contributed by atoms with Gasteiger partial charge in [0.25, 0.3) is 0 Å². The number of hydrogen-bond acceptors (Lipinski definition) is 1. The standard InChI is InChI=1S/C8H9BrO/c1-6(2)3-8-4-7(9)5-10-8/h3-5H,1-2H3. The van der Waals surface area contributed by atoms with Crippen molar-refractivity contribution >= 4 is 22.0 Å². The molecule has 0 atom stereocenters. The molecule has 0 radical (unpaired) electrons. The van der Waals surface area contributed by atoms with Crippen molar-refractivity contribution in [2.24, 2.45) is 0 Å². The van der Waals surface area contributed by atoms with Gasteiger partial charge in [0, 0.05) is 0 Å². The van der Waals surface area contributed by atoms with E-state index in [0.29, 0.717) is 0 Å². The molecule has 0 aromatic carbocycles. The van der Waals surface area contributed by atoms with Crippen molar-refractivity contribution in [2.75, 3.05) is 0 Å². The van der Waals surface area contributed by atoms with Crippen LogP contribution in [0.15, 0.2) is 26.8 Å². The highest BCUT2D eigenvalue weighted by Crippen LogP contribution is 2.16. The van der Waals surface area contributed by atoms with Gasteiger partial charge >= 0.3 is 0 Å². The third kappa shape index (κ3) is 2.03. The van der Waals surface area contributed by atoms with Crippen LogP contribution >= 0.6 is 15.9 Å². The molecule has 1 nitrogen and oxygen atoms in total. The molecule has 0 unspecified atom stereocenters. The lowest BCUT2D eigenvalue weighted by molar-refractivity contribution is 0.555. The SMILES string of the molecule is CC(C)=Cc1cc(Br)co1. The zero-order valence-corrected chi connectivity index (χ0v) is 7.60. The lowest BCUT2D eigenvalue weighted by Crippen LogP contribution is -1.63. The average molecular weight is 201 g/mol. The van der Waals surface area contributed by atoms with Crippen LogP contribution in [0, 0.1) is 0 Å². The first-order valence-corrected chi connectivity index (χ1v) is 3.87. The predicted octanol–water partition coefficient (Wildman–Crippen LogP) is 3.47. The maximum Gasteiger partial charge on any atom is 0.127 e. The lowest BCUT2D eigenvalue weighted by atomic mass is 10.3. The van der Waals surface area contributed by atoms with Crippen LogP contribution in [-0.2, 0) is 0 Å². The highest BCUT2D eigenvalue weighted by atomic mass is 79.9. The second kappa shape index (κ2) is 3.06. The van der Waals surface area contributed by atoms with E-state index in [9.17, 15) is 0 Å². The van der Waals surface area contributed by atoms with Gasteiger partial charge in [0.05, 0.1) is 4.47 Å². The Labute approximate surface area is 68.9 Å². The van der Waals surface area contributed by atoms with E-state index in [-0.39, 0.29) is 0 Å². The normalized spacial score (nSPS) is 9.50. The molecule has 2 heteroatoms. The summed E-state index contributed by atoms with van der Waals surface area (Å²) in [6.45, 7) is 4.08. The van der Waals surface area contributed by atoms with Crippen LogP contribution in [0.25, 0.3) is 6.08 Å². The quantitative estimate of drug-likeness (QED) is 0.677. The van der Waals surface area contributed by atoms with E-state index in [1.807, 2.05) is 26.0 Å². The van der Waals surface area contributed by atoms with Gasteiger partial charge in [-0.3, -0.25) is 0 Å². The molecular weight excluding hydrogens is 192 g/mol. The van der Waals surface area contributed by atoms with Crippen molar-refractivity contribution in [1.82, 2.24) is 0 Å². The fourth-order valence-electron chi connectivity index (χ4n) is 0.688. The van der Waals surface area contributed by atoms with E-state index in [4.69, 9.17) is 4.42 Å². The van der Waals surface area contributed by atoms with Gasteiger partial charge < -0.3 is 4.42 Å². The predicted molar refractivity (Wildman–Crippen MR) is 45.7 cm³/mol. The number of halogens is 1. The van der Waals surface area contributed by atoms with E-state index in [1.54, 1.807) is 6.26 Å². The molecule has 0 fully saturated rings. The van der Waals surface area contributed by atoms with E-state index in [1.165, 1.54) is 5.57 Å². The zero-order valence-electron chi connectivity index (χ0n) is 6.02. The zero-order chi connectivity index (χ0) is 7.56. The molecule has 0 aliphatic heterocycles. The Morgan fingerprint density at radius 2 is 2.30 bits per heavy atom. The van der Waals surface area contributed by atoms with Gasteiger partial charge in [-0.2, -0.15) is 0 Å². The highest BCUT2D eigenvalue weighted by molar-refractivity contribution is 9.10. The van der Waals surface area contributed by atoms with Crippen LogP contribution in [0.1, 0.15) is 19.6 Å². The van der Waals surface area contributed by atoms with Crippen LogP contribution in [0.5, 0.6) is 0 Å². The van der Waals surface area contributed by atoms with Crippen LogP contribution in [0.2, 0.25) is 0 Å². The minimum absolute atomic E-state index is 0.895. The van der Waals surface area contributed by atoms with Crippen molar-refractivity contribution in [3.05, 3.63) is 28.1 Å². The first kappa shape index (κ1) is 7.61. The summed E-state index contributed by atoms with van der Waals surface area (Å²) in [6.07, 6.45) is 3.67. The van der Waals surface area contributed by atoms with Gasteiger partial charge in [-0.1, -0.05) is 5.57 Å². The monoisotopic (exact) mass is 200 g/mol. The van der Waals surface area contributed by atoms with Gasteiger partial charge in [0.15, 0.2) is 0 Å². The van der Waals surface area contributed by atoms with E-state index in [2.05, 4.69) is 15.9 Å². The summed E-state index contributed by atoms with van der Waals surface area (Å²) in [7, 11) is 0. The third-order valence-electron chi connectivity index (χ3n) is 1.02. The average Bonchev–Trinajstić information content (AvgIpc) is 2.13. The summed E-state index contributed by atoms with van der Waals surface area (Å²) in [5, 5.41) is 0. The van der Waals surface area contributed by atoms with Gasteiger partial charge in [-0.05, 0) is 41.9 Å². The Morgan fingerprint density at radius 1 is 1.60 bits per heavy atom. The molecule has 0 N–H and O–H groups in total. The molecular formula is C8H9BrO. The first-order chi connectivity index (χ1) is 4.68. The van der Waals surface area contributed by atoms with E-state index in [0.717, 1.165) is 10.2 Å². The van der Waals surface area contributed by atoms with Crippen LogP contribution in [-0.4, -0.2) is 0 Å². The van der Waals surface area contributed by atoms with Crippen molar-refractivity contribution in [1.29, 1.82) is 0 Å². The largest absolute Gasteiger partial charge is 0.464 e. The smallest absolute Gasteiger partial charge is 0.127 e. The highest BCUT2D eigenvalue weighted by Gasteiger charge is 1.93. The van der Waals surface area contributed by atoms with Crippen LogP contribution < -0.4 is 0 Å². The molecule has 1 aromatic rings. The number of allylic oxidation sites excluding steroid dienone is 1. The second-order valence-corrected chi connectivity index (χ2v) is 3.30. The van der Waals surface area contributed by atoms with Crippen LogP contribution in [0.3, 0.4) is 0 Å². The molecule has 0 saturated carbocycles. The minimum Gasteiger partial charge on any atom is -0.464 e. The van der Waals surface area contributed by atoms with Gasteiger partial charge in [0.1, 0.15) is 12.0 Å². The number of rotatable bonds is 1. The Balaban J connectivity index is 2.86. The molecule has 1 heterocycles. The Hall–Kier alpha value is -0.500. The van der Waals surface area contributed by atoms with Crippen molar-refractivity contribution in [3.8, 4) is 0 Å². The lowest BCUT2D eigenvalue weighted by Gasteiger charge is -1.84. The van der Waals surface area contributed by atoms with Gasteiger partial charge in [-0.15, -0.1) is 0 Å². The van der Waals surface area contributed by atoms with E-state index < -0.39 is 0 Å². The molecule has 0 amide bonds. The molecule has 54 valence electrons. The molecule has 0 aliphatic rings. The Morgan fingerprint density at radius 3 is 2.70 bits per heavy atom. The van der Waals surface area contributed by atoms with Crippen LogP contribution in [0.4, 0.5) is 0 Å². The summed E-state index contributed by atoms with van der Waals surface area (Å²) < 4.78 is 6.14. The number of furan rings is 1. The molecule has 1 rings (SSSR count). The summed E-state index contributed by atoms with van der Waals surface area (Å²) in [5.41, 5.74) is 1.24. The van der Waals surface area contributed by atoms with Crippen molar-refractivity contribution in [3.63, 3.8) is 0 Å². The maximum atomic E-state index is 5.15. The van der Waals surface area contributed by atoms with Crippen molar-refractivity contribution in [2.45, 2.75) is 13.8 Å². The first-order valence-electron chi connectivity index (χ1n) is 3.07. The maximum absolute atomic E-state index is 5.15. The molecule has 0 bridgehead atoms. The molecule has 0 saturated heterocycles. The fraction of sp³-hybridized carbons (Fsp3) is 0.250. The van der Waals surface area contributed by atoms with Gasteiger partial charge in [0.2, 0.25) is 0 Å². The topological polar surface area (TPSA) is 13.1 Å². The Kier molecular flexibility index (Phi) is 2.33. The second-order valence-electron chi connectivity index (χ2n) is 2.39. The molecule has 0 aliphatic carbocycles. The summed E-state index contributed by atoms with van der Waals surface area (Å²) in [6, 6.07) is 1.94. The summed E-state index contributed by atoms with van der Waals surface area (Å²) in [5.74, 6) is 0.895. The fourth-order valence-corrected chi connectivity index (χ4v) is 1.01. The molecule has 0 spiro atoms. The van der Waals surface area contributed by atoms with Crippen molar-refractivity contribution < 1.29 is 4.42 Å². The third-order valence-corrected chi connectivity index (χ3v) is 1.43.